The minimum Gasteiger partial charge on any atom is -0.497 e. The zero-order valence-corrected chi connectivity index (χ0v) is 20.2. The SMILES string of the molecule is COc1ccc(N2C(=O)c3oc4ccc(Br)cc4c(=O)c3C2c2ccc(OC)c(OC)c2)cc1. The molecular formula is C26H20BrNO6. The van der Waals surface area contributed by atoms with Crippen LogP contribution in [0.1, 0.15) is 27.7 Å². The normalized spacial score (nSPS) is 14.9. The number of benzene rings is 3. The lowest BCUT2D eigenvalue weighted by atomic mass is 9.97. The van der Waals surface area contributed by atoms with E-state index in [9.17, 15) is 9.59 Å². The molecule has 1 unspecified atom stereocenters. The number of nitrogens with zero attached hydrogens (tertiary/aromatic N) is 1. The second-order valence-corrected chi connectivity index (χ2v) is 8.62. The summed E-state index contributed by atoms with van der Waals surface area (Å²) in [6.45, 7) is 0. The van der Waals surface area contributed by atoms with E-state index >= 15 is 0 Å². The van der Waals surface area contributed by atoms with Gasteiger partial charge >= 0.3 is 0 Å². The van der Waals surface area contributed by atoms with Gasteiger partial charge in [-0.1, -0.05) is 22.0 Å². The Morgan fingerprint density at radius 3 is 2.26 bits per heavy atom. The molecule has 1 amide bonds. The first-order valence-electron chi connectivity index (χ1n) is 10.4. The molecule has 0 spiro atoms. The van der Waals surface area contributed by atoms with Crippen molar-refractivity contribution in [2.75, 3.05) is 26.2 Å². The van der Waals surface area contributed by atoms with Crippen molar-refractivity contribution in [1.82, 2.24) is 0 Å². The van der Waals surface area contributed by atoms with E-state index in [1.165, 1.54) is 7.11 Å². The van der Waals surface area contributed by atoms with Crippen molar-refractivity contribution in [3.8, 4) is 17.2 Å². The Labute approximate surface area is 203 Å². The fraction of sp³-hybridized carbons (Fsp3) is 0.154. The van der Waals surface area contributed by atoms with E-state index in [0.717, 1.165) is 4.47 Å². The van der Waals surface area contributed by atoms with E-state index in [4.69, 9.17) is 18.6 Å². The Morgan fingerprint density at radius 1 is 0.853 bits per heavy atom. The minimum absolute atomic E-state index is 0.0235. The highest BCUT2D eigenvalue weighted by Gasteiger charge is 2.44. The number of halogens is 1. The zero-order valence-electron chi connectivity index (χ0n) is 18.6. The van der Waals surface area contributed by atoms with Gasteiger partial charge in [-0.15, -0.1) is 0 Å². The molecule has 0 aliphatic carbocycles. The van der Waals surface area contributed by atoms with Crippen molar-refractivity contribution in [2.45, 2.75) is 6.04 Å². The molecule has 5 rings (SSSR count). The number of carbonyl (C=O) groups is 1. The molecule has 1 atom stereocenters. The van der Waals surface area contributed by atoms with Gasteiger partial charge in [0.2, 0.25) is 5.76 Å². The lowest BCUT2D eigenvalue weighted by Gasteiger charge is -2.26. The first kappa shape index (κ1) is 22.0. The number of fused-ring (bicyclic) bond motifs is 2. The fourth-order valence-electron chi connectivity index (χ4n) is 4.29. The second kappa shape index (κ2) is 8.53. The number of ether oxygens (including phenoxy) is 3. The number of hydrogen-bond donors (Lipinski definition) is 0. The van der Waals surface area contributed by atoms with Crippen LogP contribution in [0.2, 0.25) is 0 Å². The lowest BCUT2D eigenvalue weighted by molar-refractivity contribution is 0.0971. The van der Waals surface area contributed by atoms with Crippen LogP contribution in [0, 0.1) is 0 Å². The Balaban J connectivity index is 1.79. The summed E-state index contributed by atoms with van der Waals surface area (Å²) in [5.41, 5.74) is 1.65. The molecule has 4 aromatic rings. The molecule has 8 heteroatoms. The summed E-state index contributed by atoms with van der Waals surface area (Å²) in [7, 11) is 4.66. The van der Waals surface area contributed by atoms with Crippen LogP contribution in [-0.4, -0.2) is 27.2 Å². The molecule has 3 aromatic carbocycles. The number of carbonyl (C=O) groups excluding carboxylic acids is 1. The molecule has 0 saturated heterocycles. The van der Waals surface area contributed by atoms with Crippen molar-refractivity contribution < 1.29 is 23.4 Å². The van der Waals surface area contributed by atoms with E-state index < -0.39 is 11.9 Å². The highest BCUT2D eigenvalue weighted by molar-refractivity contribution is 9.10. The Kier molecular flexibility index (Phi) is 5.53. The van der Waals surface area contributed by atoms with Crippen LogP contribution in [0.25, 0.3) is 11.0 Å². The largest absolute Gasteiger partial charge is 0.497 e. The van der Waals surface area contributed by atoms with Crippen LogP contribution < -0.4 is 24.5 Å². The van der Waals surface area contributed by atoms with Gasteiger partial charge in [-0.25, -0.2) is 0 Å². The second-order valence-electron chi connectivity index (χ2n) is 7.70. The van der Waals surface area contributed by atoms with E-state index in [1.807, 2.05) is 6.07 Å². The Hall–Kier alpha value is -3.78. The summed E-state index contributed by atoms with van der Waals surface area (Å²) in [6, 6.07) is 16.8. The average molecular weight is 522 g/mol. The van der Waals surface area contributed by atoms with Gasteiger partial charge in [0.1, 0.15) is 11.3 Å². The molecule has 1 aromatic heterocycles. The number of anilines is 1. The van der Waals surface area contributed by atoms with Gasteiger partial charge in [0.05, 0.1) is 38.3 Å². The maximum Gasteiger partial charge on any atom is 0.295 e. The van der Waals surface area contributed by atoms with E-state index in [0.29, 0.717) is 39.5 Å². The monoisotopic (exact) mass is 521 g/mol. The smallest absolute Gasteiger partial charge is 0.295 e. The summed E-state index contributed by atoms with van der Waals surface area (Å²) in [4.78, 5) is 29.0. The maximum atomic E-state index is 13.7. The van der Waals surface area contributed by atoms with Gasteiger partial charge in [0.25, 0.3) is 5.91 Å². The van der Waals surface area contributed by atoms with Crippen LogP contribution in [0.4, 0.5) is 5.69 Å². The molecule has 2 heterocycles. The first-order chi connectivity index (χ1) is 16.5. The van der Waals surface area contributed by atoms with E-state index in [2.05, 4.69) is 15.9 Å². The molecular weight excluding hydrogens is 502 g/mol. The van der Waals surface area contributed by atoms with Crippen LogP contribution in [0.15, 0.2) is 74.3 Å². The molecule has 0 bridgehead atoms. The quantitative estimate of drug-likeness (QED) is 0.353. The van der Waals surface area contributed by atoms with Crippen LogP contribution >= 0.6 is 15.9 Å². The van der Waals surface area contributed by atoms with Crippen molar-refractivity contribution in [3.63, 3.8) is 0 Å². The van der Waals surface area contributed by atoms with E-state index in [1.54, 1.807) is 73.7 Å². The average Bonchev–Trinajstić information content (AvgIpc) is 3.16. The minimum atomic E-state index is -0.727. The Bertz CT molecular complexity index is 1480. The van der Waals surface area contributed by atoms with Crippen LogP contribution in [-0.2, 0) is 0 Å². The van der Waals surface area contributed by atoms with Crippen LogP contribution in [0.3, 0.4) is 0 Å². The molecule has 172 valence electrons. The highest BCUT2D eigenvalue weighted by atomic mass is 79.9. The number of amides is 1. The molecule has 0 fully saturated rings. The van der Waals surface area contributed by atoms with Gasteiger partial charge in [-0.2, -0.15) is 0 Å². The maximum absolute atomic E-state index is 13.7. The number of rotatable bonds is 5. The van der Waals surface area contributed by atoms with Crippen molar-refractivity contribution in [2.24, 2.45) is 0 Å². The highest BCUT2D eigenvalue weighted by Crippen LogP contribution is 2.43. The molecule has 0 saturated carbocycles. The van der Waals surface area contributed by atoms with Gasteiger partial charge in [0, 0.05) is 10.2 Å². The van der Waals surface area contributed by atoms with Gasteiger partial charge in [-0.3, -0.25) is 14.5 Å². The predicted octanol–water partition coefficient (Wildman–Crippen LogP) is 5.33. The molecule has 1 aliphatic rings. The summed E-state index contributed by atoms with van der Waals surface area (Å²) < 4.78 is 22.9. The van der Waals surface area contributed by atoms with Gasteiger partial charge < -0.3 is 18.6 Å². The summed E-state index contributed by atoms with van der Waals surface area (Å²) in [5.74, 6) is 1.31. The lowest BCUT2D eigenvalue weighted by Crippen LogP contribution is -2.29. The van der Waals surface area contributed by atoms with Crippen molar-refractivity contribution in [3.05, 3.63) is 92.2 Å². The van der Waals surface area contributed by atoms with Gasteiger partial charge in [0.15, 0.2) is 16.9 Å². The summed E-state index contributed by atoms with van der Waals surface area (Å²) >= 11 is 3.42. The van der Waals surface area contributed by atoms with Crippen molar-refractivity contribution >= 4 is 38.5 Å². The molecule has 34 heavy (non-hydrogen) atoms. The summed E-state index contributed by atoms with van der Waals surface area (Å²) in [5, 5.41) is 0.392. The summed E-state index contributed by atoms with van der Waals surface area (Å²) in [6.07, 6.45) is 0. The first-order valence-corrected chi connectivity index (χ1v) is 11.2. The standard InChI is InChI=1S/C26H20BrNO6/c1-31-17-8-6-16(7-9-17)28-23(14-4-10-20(32-2)21(12-14)33-3)22-24(29)18-13-15(27)5-11-19(18)34-25(22)26(28)30/h4-13,23H,1-3H3. The predicted molar refractivity (Wildman–Crippen MR) is 131 cm³/mol. The molecule has 0 radical (unpaired) electrons. The molecule has 0 N–H and O–H groups in total. The van der Waals surface area contributed by atoms with Crippen LogP contribution in [0.5, 0.6) is 17.2 Å². The number of hydrogen-bond acceptors (Lipinski definition) is 6. The Morgan fingerprint density at radius 2 is 1.59 bits per heavy atom. The fourth-order valence-corrected chi connectivity index (χ4v) is 4.65. The van der Waals surface area contributed by atoms with Gasteiger partial charge in [-0.05, 0) is 60.2 Å². The molecule has 7 nitrogen and oxygen atoms in total. The molecule has 1 aliphatic heterocycles. The topological polar surface area (TPSA) is 78.2 Å². The number of methoxy groups -OCH3 is 3. The zero-order chi connectivity index (χ0) is 24.0. The third kappa shape index (κ3) is 3.42. The van der Waals surface area contributed by atoms with E-state index in [-0.39, 0.29) is 16.8 Å². The third-order valence-electron chi connectivity index (χ3n) is 5.91. The van der Waals surface area contributed by atoms with Crippen molar-refractivity contribution in [1.29, 1.82) is 0 Å². The third-order valence-corrected chi connectivity index (χ3v) is 6.40.